The summed E-state index contributed by atoms with van der Waals surface area (Å²) in [5.74, 6) is -0.531. The average molecular weight is 409 g/mol. The number of hydrogen-bond donors (Lipinski definition) is 1. The highest BCUT2D eigenvalue weighted by molar-refractivity contribution is 5.98. The van der Waals surface area contributed by atoms with E-state index in [1.54, 1.807) is 26.0 Å². The van der Waals surface area contributed by atoms with Gasteiger partial charge in [0.25, 0.3) is 5.91 Å². The second-order valence-electron chi connectivity index (χ2n) is 7.00. The smallest absolute Gasteiger partial charge is 0.338 e. The lowest BCUT2D eigenvalue weighted by molar-refractivity contribution is -0.115. The van der Waals surface area contributed by atoms with Gasteiger partial charge in [-0.2, -0.15) is 0 Å². The predicted octanol–water partition coefficient (Wildman–Crippen LogP) is 3.17. The van der Waals surface area contributed by atoms with E-state index in [9.17, 15) is 14.4 Å². The second kappa shape index (κ2) is 9.91. The zero-order chi connectivity index (χ0) is 21.5. The number of nitrogens with one attached hydrogen (secondary N) is 1. The molecule has 158 valence electrons. The Morgan fingerprint density at radius 3 is 2.27 bits per heavy atom. The van der Waals surface area contributed by atoms with Crippen LogP contribution in [-0.2, 0) is 9.53 Å². The topological polar surface area (TPSA) is 79.0 Å². The van der Waals surface area contributed by atoms with Crippen molar-refractivity contribution in [3.63, 3.8) is 0 Å². The highest BCUT2D eigenvalue weighted by atomic mass is 16.5. The van der Waals surface area contributed by atoms with Gasteiger partial charge in [-0.15, -0.1) is 0 Å². The van der Waals surface area contributed by atoms with E-state index >= 15 is 0 Å². The summed E-state index contributed by atoms with van der Waals surface area (Å²) in [4.78, 5) is 40.8. The van der Waals surface area contributed by atoms with E-state index in [4.69, 9.17) is 4.74 Å². The van der Waals surface area contributed by atoms with Gasteiger partial charge < -0.3 is 19.9 Å². The van der Waals surface area contributed by atoms with Gasteiger partial charge in [-0.25, -0.2) is 4.79 Å². The van der Waals surface area contributed by atoms with E-state index in [1.807, 2.05) is 41.3 Å². The Bertz CT molecular complexity index is 906. The maximum absolute atomic E-state index is 12.7. The van der Waals surface area contributed by atoms with Crippen molar-refractivity contribution in [2.45, 2.75) is 20.3 Å². The first-order valence-corrected chi connectivity index (χ1v) is 10.2. The largest absolute Gasteiger partial charge is 0.462 e. The van der Waals surface area contributed by atoms with Gasteiger partial charge in [-0.1, -0.05) is 25.1 Å². The predicted molar refractivity (Wildman–Crippen MR) is 116 cm³/mol. The number of rotatable bonds is 6. The van der Waals surface area contributed by atoms with Crippen molar-refractivity contribution in [3.05, 3.63) is 59.7 Å². The quantitative estimate of drug-likeness (QED) is 0.742. The minimum atomic E-state index is -0.422. The van der Waals surface area contributed by atoms with Gasteiger partial charge in [0.1, 0.15) is 0 Å². The van der Waals surface area contributed by atoms with Gasteiger partial charge in [0, 0.05) is 38.2 Å². The summed E-state index contributed by atoms with van der Waals surface area (Å²) in [6.07, 6.45) is 0.336. The number of esters is 1. The first kappa shape index (κ1) is 21.4. The molecule has 2 aromatic rings. The molecule has 7 heteroatoms. The van der Waals surface area contributed by atoms with Crippen molar-refractivity contribution in [1.29, 1.82) is 0 Å². The van der Waals surface area contributed by atoms with Crippen molar-refractivity contribution >= 4 is 29.2 Å². The first-order chi connectivity index (χ1) is 14.5. The Kier molecular flexibility index (Phi) is 7.06. The molecule has 0 atom stereocenters. The van der Waals surface area contributed by atoms with Gasteiger partial charge in [-0.05, 0) is 37.3 Å². The van der Waals surface area contributed by atoms with Gasteiger partial charge in [0.15, 0.2) is 0 Å². The van der Waals surface area contributed by atoms with E-state index in [-0.39, 0.29) is 18.4 Å². The SMILES string of the molecule is CCOC(=O)c1ccc(N2CCN(C(=O)c3ccccc3)CC2)c(NC(=O)CC)c1. The summed E-state index contributed by atoms with van der Waals surface area (Å²) in [5, 5.41) is 2.89. The highest BCUT2D eigenvalue weighted by Crippen LogP contribution is 2.29. The minimum Gasteiger partial charge on any atom is -0.462 e. The summed E-state index contributed by atoms with van der Waals surface area (Å²) >= 11 is 0. The second-order valence-corrected chi connectivity index (χ2v) is 7.00. The zero-order valence-corrected chi connectivity index (χ0v) is 17.4. The molecule has 0 aliphatic carbocycles. The van der Waals surface area contributed by atoms with E-state index in [2.05, 4.69) is 10.2 Å². The van der Waals surface area contributed by atoms with Crippen molar-refractivity contribution in [1.82, 2.24) is 4.90 Å². The van der Waals surface area contributed by atoms with E-state index in [0.717, 1.165) is 5.69 Å². The number of carbonyl (C=O) groups excluding carboxylic acids is 3. The van der Waals surface area contributed by atoms with Crippen LogP contribution in [0.3, 0.4) is 0 Å². The number of ether oxygens (including phenoxy) is 1. The summed E-state index contributed by atoms with van der Waals surface area (Å²) in [5.41, 5.74) is 2.48. The van der Waals surface area contributed by atoms with Crippen LogP contribution in [0.2, 0.25) is 0 Å². The molecule has 3 rings (SSSR count). The van der Waals surface area contributed by atoms with Crippen LogP contribution in [0.1, 0.15) is 41.0 Å². The van der Waals surface area contributed by atoms with Crippen molar-refractivity contribution in [2.24, 2.45) is 0 Å². The van der Waals surface area contributed by atoms with Crippen molar-refractivity contribution in [2.75, 3.05) is 43.0 Å². The molecule has 0 radical (unpaired) electrons. The van der Waals surface area contributed by atoms with Crippen LogP contribution in [0.5, 0.6) is 0 Å². The van der Waals surface area contributed by atoms with Crippen LogP contribution in [0.15, 0.2) is 48.5 Å². The lowest BCUT2D eigenvalue weighted by Crippen LogP contribution is -2.49. The Morgan fingerprint density at radius 1 is 0.933 bits per heavy atom. The molecule has 1 saturated heterocycles. The molecule has 0 spiro atoms. The van der Waals surface area contributed by atoms with Crippen LogP contribution in [0.4, 0.5) is 11.4 Å². The van der Waals surface area contributed by atoms with Gasteiger partial charge >= 0.3 is 5.97 Å². The summed E-state index contributed by atoms with van der Waals surface area (Å²) in [6, 6.07) is 14.4. The molecule has 0 bridgehead atoms. The van der Waals surface area contributed by atoms with E-state index < -0.39 is 5.97 Å². The molecule has 30 heavy (non-hydrogen) atoms. The Morgan fingerprint density at radius 2 is 1.63 bits per heavy atom. The number of carbonyl (C=O) groups is 3. The fraction of sp³-hybridized carbons (Fsp3) is 0.348. The third-order valence-electron chi connectivity index (χ3n) is 5.03. The Labute approximate surface area is 176 Å². The van der Waals surface area contributed by atoms with E-state index in [0.29, 0.717) is 49.4 Å². The number of piperazine rings is 1. The molecule has 1 aliphatic heterocycles. The molecule has 0 unspecified atom stereocenters. The molecule has 1 aliphatic rings. The van der Waals surface area contributed by atoms with Gasteiger partial charge in [-0.3, -0.25) is 9.59 Å². The number of anilines is 2. The van der Waals surface area contributed by atoms with Crippen LogP contribution in [0, 0.1) is 0 Å². The van der Waals surface area contributed by atoms with Crippen molar-refractivity contribution in [3.8, 4) is 0 Å². The molecule has 2 amide bonds. The normalized spacial score (nSPS) is 13.7. The third-order valence-corrected chi connectivity index (χ3v) is 5.03. The molecule has 1 fully saturated rings. The minimum absolute atomic E-state index is 0.0208. The van der Waals surface area contributed by atoms with Gasteiger partial charge in [0.05, 0.1) is 23.5 Å². The number of hydrogen-bond acceptors (Lipinski definition) is 5. The molecule has 2 aromatic carbocycles. The molecule has 7 nitrogen and oxygen atoms in total. The molecule has 1 N–H and O–H groups in total. The number of amides is 2. The van der Waals surface area contributed by atoms with Gasteiger partial charge in [0.2, 0.25) is 5.91 Å². The fourth-order valence-electron chi connectivity index (χ4n) is 3.41. The lowest BCUT2D eigenvalue weighted by atomic mass is 10.1. The molecule has 0 saturated carbocycles. The summed E-state index contributed by atoms with van der Waals surface area (Å²) in [6.45, 7) is 6.23. The summed E-state index contributed by atoms with van der Waals surface area (Å²) < 4.78 is 5.07. The zero-order valence-electron chi connectivity index (χ0n) is 17.4. The first-order valence-electron chi connectivity index (χ1n) is 10.2. The highest BCUT2D eigenvalue weighted by Gasteiger charge is 2.24. The lowest BCUT2D eigenvalue weighted by Gasteiger charge is -2.37. The van der Waals surface area contributed by atoms with Crippen LogP contribution < -0.4 is 10.2 Å². The maximum atomic E-state index is 12.7. The molecule has 1 heterocycles. The Hall–Kier alpha value is -3.35. The third kappa shape index (κ3) is 4.97. The molecular formula is C23H27N3O4. The average Bonchev–Trinajstić information content (AvgIpc) is 2.79. The van der Waals surface area contributed by atoms with E-state index in [1.165, 1.54) is 0 Å². The maximum Gasteiger partial charge on any atom is 0.338 e. The standard InChI is InChI=1S/C23H27N3O4/c1-3-21(27)24-19-16-18(23(29)30-4-2)10-11-20(19)25-12-14-26(15-13-25)22(28)17-8-6-5-7-9-17/h5-11,16H,3-4,12-15H2,1-2H3,(H,24,27). The molecule has 0 aromatic heterocycles. The Balaban J connectivity index is 1.75. The summed E-state index contributed by atoms with van der Waals surface area (Å²) in [7, 11) is 0. The molecular weight excluding hydrogens is 382 g/mol. The fourth-order valence-corrected chi connectivity index (χ4v) is 3.41. The number of nitrogens with zero attached hydrogens (tertiary/aromatic N) is 2. The monoisotopic (exact) mass is 409 g/mol. The van der Waals surface area contributed by atoms with Crippen LogP contribution in [0.25, 0.3) is 0 Å². The number of benzene rings is 2. The van der Waals surface area contributed by atoms with Crippen LogP contribution in [-0.4, -0.2) is 55.5 Å². The van der Waals surface area contributed by atoms with Crippen LogP contribution >= 0.6 is 0 Å². The van der Waals surface area contributed by atoms with Crippen molar-refractivity contribution < 1.29 is 19.1 Å².